The maximum Gasteiger partial charge on any atom is 0.416 e. The third kappa shape index (κ3) is 4.46. The number of carbonyl (C=O) groups excluding carboxylic acids is 1. The average Bonchev–Trinajstić information content (AvgIpc) is 3.18. The Balaban J connectivity index is 0.00000126. The molecule has 0 radical (unpaired) electrons. The average molecular weight is 462 g/mol. The van der Waals surface area contributed by atoms with Crippen LogP contribution in [0.15, 0.2) is 42.5 Å². The first kappa shape index (κ1) is 23.6. The van der Waals surface area contributed by atoms with E-state index in [-0.39, 0.29) is 18.1 Å². The molecule has 0 bridgehead atoms. The lowest BCUT2D eigenvalue weighted by Crippen LogP contribution is -2.74. The van der Waals surface area contributed by atoms with Crippen molar-refractivity contribution < 1.29 is 23.1 Å². The van der Waals surface area contributed by atoms with E-state index in [9.17, 15) is 18.0 Å². The van der Waals surface area contributed by atoms with Crippen molar-refractivity contribution in [2.75, 3.05) is 50.8 Å². The summed E-state index contributed by atoms with van der Waals surface area (Å²) < 4.78 is 38.5. The lowest BCUT2D eigenvalue weighted by molar-refractivity contribution is -0.137. The first-order valence-electron chi connectivity index (χ1n) is 11.5. The molecule has 0 atom stereocenters. The zero-order chi connectivity index (χ0) is 23.8. The maximum absolute atomic E-state index is 13.1. The van der Waals surface area contributed by atoms with Crippen LogP contribution in [0.25, 0.3) is 11.1 Å². The molecule has 2 fully saturated rings. The minimum atomic E-state index is -4.36. The molecule has 5 nitrogen and oxygen atoms in total. The molecule has 0 aliphatic carbocycles. The van der Waals surface area contributed by atoms with Crippen LogP contribution in [0.5, 0.6) is 0 Å². The van der Waals surface area contributed by atoms with Gasteiger partial charge in [0.2, 0.25) is 0 Å². The second-order valence-corrected chi connectivity index (χ2v) is 8.89. The third-order valence-corrected chi connectivity index (χ3v) is 6.61. The van der Waals surface area contributed by atoms with Crippen LogP contribution in [0.4, 0.5) is 23.7 Å². The zero-order valence-corrected chi connectivity index (χ0v) is 19.0. The highest BCUT2D eigenvalue weighted by Crippen LogP contribution is 2.41. The molecule has 5 rings (SSSR count). The minimum absolute atomic E-state index is 0.00504. The summed E-state index contributed by atoms with van der Waals surface area (Å²) in [7, 11) is 0. The van der Waals surface area contributed by atoms with Gasteiger partial charge in [-0.15, -0.1) is 0 Å². The number of urea groups is 1. The molecule has 178 valence electrons. The van der Waals surface area contributed by atoms with Crippen LogP contribution < -0.4 is 4.90 Å². The smallest absolute Gasteiger partial charge is 0.395 e. The molecular weight excluding hydrogens is 431 g/mol. The number of anilines is 1. The van der Waals surface area contributed by atoms with Gasteiger partial charge in [-0.1, -0.05) is 38.1 Å². The van der Waals surface area contributed by atoms with Crippen molar-refractivity contribution in [3.63, 3.8) is 0 Å². The predicted molar refractivity (Wildman–Crippen MR) is 122 cm³/mol. The summed E-state index contributed by atoms with van der Waals surface area (Å²) in [6, 6.07) is 10.9. The minimum Gasteiger partial charge on any atom is -0.395 e. The molecule has 1 spiro atoms. The summed E-state index contributed by atoms with van der Waals surface area (Å²) in [5, 5.41) is 9.03. The van der Waals surface area contributed by atoms with Crippen molar-refractivity contribution in [2.45, 2.75) is 26.4 Å². The number of alkyl halides is 3. The van der Waals surface area contributed by atoms with Gasteiger partial charge in [-0.2, -0.15) is 13.2 Å². The number of hydrogen-bond donors (Lipinski definition) is 1. The highest BCUT2D eigenvalue weighted by atomic mass is 19.4. The fraction of sp³-hybridized carbons (Fsp3) is 0.480. The summed E-state index contributed by atoms with van der Waals surface area (Å²) in [5.74, 6) is 0. The normalized spacial score (nSPS) is 18.8. The summed E-state index contributed by atoms with van der Waals surface area (Å²) >= 11 is 0. The fourth-order valence-corrected chi connectivity index (χ4v) is 5.08. The quantitative estimate of drug-likeness (QED) is 0.733. The molecule has 3 heterocycles. The molecule has 2 aromatic rings. The lowest BCUT2D eigenvalue weighted by Gasteiger charge is -2.60. The summed E-state index contributed by atoms with van der Waals surface area (Å²) in [5.41, 5.74) is 2.92. The van der Waals surface area contributed by atoms with E-state index >= 15 is 0 Å². The van der Waals surface area contributed by atoms with Gasteiger partial charge < -0.3 is 10.0 Å². The number of β-amino-alcohol motifs (C(OH)–C–C–N with tert-alkyl or cyclic N) is 1. The second-order valence-electron chi connectivity index (χ2n) is 8.89. The number of benzene rings is 2. The number of fused-ring (bicyclic) bond motifs is 1. The highest BCUT2D eigenvalue weighted by molar-refractivity contribution is 5.95. The first-order chi connectivity index (χ1) is 15.8. The van der Waals surface area contributed by atoms with Crippen LogP contribution in [-0.2, 0) is 12.6 Å². The number of amides is 2. The van der Waals surface area contributed by atoms with Gasteiger partial charge >= 0.3 is 12.2 Å². The number of aliphatic hydroxyl groups is 1. The summed E-state index contributed by atoms with van der Waals surface area (Å²) in [6.07, 6.45) is -3.58. The number of aliphatic hydroxyl groups excluding tert-OH is 1. The monoisotopic (exact) mass is 461 g/mol. The highest BCUT2D eigenvalue weighted by Gasteiger charge is 2.53. The third-order valence-electron chi connectivity index (χ3n) is 6.61. The SMILES string of the molecule is CC.O=C(N1CC2(CN(CCO)C2)C1)N1CCc2ccc(-c3ccc(C(F)(F)F)cc3)cc21. The number of hydrogen-bond acceptors (Lipinski definition) is 3. The largest absolute Gasteiger partial charge is 0.416 e. The first-order valence-corrected chi connectivity index (χ1v) is 11.5. The standard InChI is InChI=1S/C23H24F3N3O2.C2H6/c24-23(25,26)19-5-3-16(4-6-19)18-2-1-17-7-8-29(20(17)11-18)21(31)28-14-22(15-28)12-27(13-22)9-10-30;1-2/h1-6,11,30H,7-10,12-15H2;1-2H3. The topological polar surface area (TPSA) is 47.0 Å². The van der Waals surface area contributed by atoms with E-state index in [0.717, 1.165) is 61.5 Å². The van der Waals surface area contributed by atoms with Crippen molar-refractivity contribution in [1.29, 1.82) is 0 Å². The number of nitrogens with zero attached hydrogens (tertiary/aromatic N) is 3. The van der Waals surface area contributed by atoms with E-state index in [1.807, 2.05) is 36.9 Å². The van der Waals surface area contributed by atoms with Crippen molar-refractivity contribution in [2.24, 2.45) is 5.41 Å². The molecule has 8 heteroatoms. The van der Waals surface area contributed by atoms with Crippen LogP contribution in [-0.4, -0.2) is 66.8 Å². The second kappa shape index (κ2) is 8.99. The van der Waals surface area contributed by atoms with Crippen LogP contribution in [0.3, 0.4) is 0 Å². The van der Waals surface area contributed by atoms with E-state index in [4.69, 9.17) is 5.11 Å². The molecule has 33 heavy (non-hydrogen) atoms. The molecule has 2 amide bonds. The van der Waals surface area contributed by atoms with E-state index < -0.39 is 11.7 Å². The maximum atomic E-state index is 13.1. The van der Waals surface area contributed by atoms with Gasteiger partial charge in [0.05, 0.1) is 12.2 Å². The molecule has 2 saturated heterocycles. The van der Waals surface area contributed by atoms with Gasteiger partial charge in [-0.05, 0) is 41.3 Å². The number of likely N-dealkylation sites (tertiary alicyclic amines) is 2. The zero-order valence-electron chi connectivity index (χ0n) is 19.0. The summed E-state index contributed by atoms with van der Waals surface area (Å²) in [6.45, 7) is 8.77. The molecule has 2 aromatic carbocycles. The molecule has 0 saturated carbocycles. The Morgan fingerprint density at radius 1 is 1.00 bits per heavy atom. The molecule has 3 aliphatic heterocycles. The van der Waals surface area contributed by atoms with Gasteiger partial charge in [0.15, 0.2) is 0 Å². The number of rotatable bonds is 3. The van der Waals surface area contributed by atoms with Gasteiger partial charge in [-0.3, -0.25) is 9.80 Å². The summed E-state index contributed by atoms with van der Waals surface area (Å²) in [4.78, 5) is 19.0. The van der Waals surface area contributed by atoms with E-state index in [1.165, 1.54) is 12.1 Å². The van der Waals surface area contributed by atoms with Crippen LogP contribution >= 0.6 is 0 Å². The molecule has 1 N–H and O–H groups in total. The van der Waals surface area contributed by atoms with Crippen LogP contribution in [0.1, 0.15) is 25.0 Å². The van der Waals surface area contributed by atoms with E-state index in [0.29, 0.717) is 18.7 Å². The number of halogens is 3. The van der Waals surface area contributed by atoms with E-state index in [2.05, 4.69) is 4.90 Å². The lowest BCUT2D eigenvalue weighted by atomic mass is 9.73. The Hall–Kier alpha value is -2.58. The Labute approximate surface area is 192 Å². The molecule has 0 aromatic heterocycles. The molecular formula is C25H30F3N3O2. The van der Waals surface area contributed by atoms with Gasteiger partial charge in [0.1, 0.15) is 0 Å². The van der Waals surface area contributed by atoms with Crippen LogP contribution in [0, 0.1) is 5.41 Å². The Morgan fingerprint density at radius 3 is 2.24 bits per heavy atom. The van der Waals surface area contributed by atoms with Crippen molar-refractivity contribution in [1.82, 2.24) is 9.80 Å². The number of carbonyl (C=O) groups is 1. The Kier molecular flexibility index (Phi) is 6.42. The van der Waals surface area contributed by atoms with Crippen LogP contribution in [0.2, 0.25) is 0 Å². The van der Waals surface area contributed by atoms with E-state index in [1.54, 1.807) is 4.90 Å². The Morgan fingerprint density at radius 2 is 1.64 bits per heavy atom. The predicted octanol–water partition coefficient (Wildman–Crippen LogP) is 4.49. The van der Waals surface area contributed by atoms with Crippen molar-refractivity contribution in [3.8, 4) is 11.1 Å². The van der Waals surface area contributed by atoms with Gasteiger partial charge in [-0.25, -0.2) is 4.79 Å². The van der Waals surface area contributed by atoms with Gasteiger partial charge in [0.25, 0.3) is 0 Å². The van der Waals surface area contributed by atoms with Crippen molar-refractivity contribution >= 4 is 11.7 Å². The fourth-order valence-electron chi connectivity index (χ4n) is 5.08. The Bertz CT molecular complexity index is 993. The van der Waals surface area contributed by atoms with Gasteiger partial charge in [0, 0.05) is 50.4 Å². The molecule has 0 unspecified atom stereocenters. The van der Waals surface area contributed by atoms with Crippen molar-refractivity contribution in [3.05, 3.63) is 53.6 Å². The molecule has 3 aliphatic rings.